The Bertz CT molecular complexity index is 647. The third-order valence-corrected chi connectivity index (χ3v) is 3.13. The SMILES string of the molecule is O=C1OC(c2ccccc2)=N[C@@H]1Cc1ccc(O)cc1. The van der Waals surface area contributed by atoms with Crippen molar-refractivity contribution in [2.45, 2.75) is 12.5 Å². The number of rotatable bonds is 3. The zero-order valence-corrected chi connectivity index (χ0v) is 10.7. The minimum atomic E-state index is -0.519. The Hall–Kier alpha value is -2.62. The highest BCUT2D eigenvalue weighted by molar-refractivity contribution is 6.06. The molecule has 0 unspecified atom stereocenters. The van der Waals surface area contributed by atoms with Crippen molar-refractivity contribution >= 4 is 11.9 Å². The lowest BCUT2D eigenvalue weighted by Crippen LogP contribution is -2.17. The molecule has 2 aromatic rings. The van der Waals surface area contributed by atoms with Gasteiger partial charge in [-0.3, -0.25) is 0 Å². The molecular weight excluding hydrogens is 254 g/mol. The number of aromatic hydroxyl groups is 1. The van der Waals surface area contributed by atoms with E-state index >= 15 is 0 Å². The van der Waals surface area contributed by atoms with Gasteiger partial charge in [0.25, 0.3) is 0 Å². The predicted molar refractivity (Wildman–Crippen MR) is 74.7 cm³/mol. The minimum Gasteiger partial charge on any atom is -0.508 e. The Kier molecular flexibility index (Phi) is 3.21. The average Bonchev–Trinajstić information content (AvgIpc) is 2.84. The van der Waals surface area contributed by atoms with Crippen LogP contribution in [0.5, 0.6) is 5.75 Å². The summed E-state index contributed by atoms with van der Waals surface area (Å²) in [5.41, 5.74) is 1.73. The van der Waals surface area contributed by atoms with E-state index in [1.54, 1.807) is 24.3 Å². The molecule has 0 aliphatic carbocycles. The Morgan fingerprint density at radius 3 is 2.45 bits per heavy atom. The van der Waals surface area contributed by atoms with E-state index < -0.39 is 6.04 Å². The predicted octanol–water partition coefficient (Wildman–Crippen LogP) is 2.31. The number of cyclic esters (lactones) is 1. The number of esters is 1. The van der Waals surface area contributed by atoms with Crippen LogP contribution in [0.15, 0.2) is 59.6 Å². The second-order valence-corrected chi connectivity index (χ2v) is 4.61. The second kappa shape index (κ2) is 5.17. The van der Waals surface area contributed by atoms with Crippen LogP contribution in [-0.2, 0) is 16.0 Å². The van der Waals surface area contributed by atoms with Crippen molar-refractivity contribution in [3.8, 4) is 5.75 Å². The Balaban J connectivity index is 1.79. The van der Waals surface area contributed by atoms with Crippen LogP contribution < -0.4 is 0 Å². The summed E-state index contributed by atoms with van der Waals surface area (Å²) in [5.74, 6) is 0.243. The van der Waals surface area contributed by atoms with Crippen molar-refractivity contribution < 1.29 is 14.6 Å². The van der Waals surface area contributed by atoms with Gasteiger partial charge < -0.3 is 9.84 Å². The molecule has 0 amide bonds. The maximum absolute atomic E-state index is 11.8. The van der Waals surface area contributed by atoms with E-state index in [2.05, 4.69) is 4.99 Å². The Morgan fingerprint density at radius 1 is 1.05 bits per heavy atom. The minimum absolute atomic E-state index is 0.205. The first-order valence-electron chi connectivity index (χ1n) is 6.35. The number of phenols is 1. The van der Waals surface area contributed by atoms with Crippen molar-refractivity contribution in [1.82, 2.24) is 0 Å². The summed E-state index contributed by atoms with van der Waals surface area (Å²) in [6.45, 7) is 0. The molecule has 0 radical (unpaired) electrons. The molecule has 0 fully saturated rings. The van der Waals surface area contributed by atoms with Gasteiger partial charge in [0.1, 0.15) is 5.75 Å². The largest absolute Gasteiger partial charge is 0.508 e. The van der Waals surface area contributed by atoms with Gasteiger partial charge in [-0.2, -0.15) is 0 Å². The van der Waals surface area contributed by atoms with E-state index in [0.717, 1.165) is 11.1 Å². The van der Waals surface area contributed by atoms with Crippen LogP contribution in [0, 0.1) is 0 Å². The van der Waals surface area contributed by atoms with E-state index in [4.69, 9.17) is 4.74 Å². The Morgan fingerprint density at radius 2 is 1.75 bits per heavy atom. The highest BCUT2D eigenvalue weighted by Crippen LogP contribution is 2.18. The van der Waals surface area contributed by atoms with Gasteiger partial charge in [-0.1, -0.05) is 30.3 Å². The fraction of sp³-hybridized carbons (Fsp3) is 0.125. The molecule has 2 aromatic carbocycles. The van der Waals surface area contributed by atoms with Gasteiger partial charge in [0, 0.05) is 12.0 Å². The molecule has 0 aromatic heterocycles. The molecule has 1 N–H and O–H groups in total. The molecule has 20 heavy (non-hydrogen) atoms. The zero-order chi connectivity index (χ0) is 13.9. The lowest BCUT2D eigenvalue weighted by atomic mass is 10.1. The van der Waals surface area contributed by atoms with Gasteiger partial charge in [0.2, 0.25) is 5.90 Å². The molecule has 0 spiro atoms. The van der Waals surface area contributed by atoms with Crippen molar-refractivity contribution in [3.63, 3.8) is 0 Å². The highest BCUT2D eigenvalue weighted by atomic mass is 16.6. The molecule has 4 heteroatoms. The number of aliphatic imine (C=N–C) groups is 1. The second-order valence-electron chi connectivity index (χ2n) is 4.61. The molecule has 0 saturated heterocycles. The number of carbonyl (C=O) groups excluding carboxylic acids is 1. The summed E-state index contributed by atoms with van der Waals surface area (Å²) in [7, 11) is 0. The summed E-state index contributed by atoms with van der Waals surface area (Å²) in [5, 5.41) is 9.24. The number of hydrogen-bond donors (Lipinski definition) is 1. The number of phenolic OH excluding ortho intramolecular Hbond substituents is 1. The standard InChI is InChI=1S/C16H13NO3/c18-13-8-6-11(7-9-13)10-14-16(19)20-15(17-14)12-4-2-1-3-5-12/h1-9,14,18H,10H2/t14-/m1/s1. The van der Waals surface area contributed by atoms with Crippen molar-refractivity contribution in [3.05, 3.63) is 65.7 Å². The van der Waals surface area contributed by atoms with Gasteiger partial charge >= 0.3 is 5.97 Å². The molecular formula is C16H13NO3. The van der Waals surface area contributed by atoms with E-state index in [1.807, 2.05) is 30.3 Å². The van der Waals surface area contributed by atoms with Crippen LogP contribution in [-0.4, -0.2) is 23.0 Å². The lowest BCUT2D eigenvalue weighted by molar-refractivity contribution is -0.134. The third kappa shape index (κ3) is 2.54. The zero-order valence-electron chi connectivity index (χ0n) is 10.7. The molecule has 0 saturated carbocycles. The molecule has 100 valence electrons. The fourth-order valence-electron chi connectivity index (χ4n) is 2.08. The van der Waals surface area contributed by atoms with Gasteiger partial charge in [-0.05, 0) is 29.8 Å². The van der Waals surface area contributed by atoms with Crippen molar-refractivity contribution in [2.75, 3.05) is 0 Å². The summed E-state index contributed by atoms with van der Waals surface area (Å²) in [6, 6.07) is 15.6. The number of hydrogen-bond acceptors (Lipinski definition) is 4. The number of nitrogens with zero attached hydrogens (tertiary/aromatic N) is 1. The van der Waals surface area contributed by atoms with Crippen LogP contribution >= 0.6 is 0 Å². The molecule has 3 rings (SSSR count). The molecule has 1 aliphatic rings. The quantitative estimate of drug-likeness (QED) is 0.868. The van der Waals surface area contributed by atoms with Crippen LogP contribution in [0.3, 0.4) is 0 Å². The van der Waals surface area contributed by atoms with Crippen molar-refractivity contribution in [2.24, 2.45) is 4.99 Å². The molecule has 1 atom stereocenters. The first-order chi connectivity index (χ1) is 9.72. The summed E-state index contributed by atoms with van der Waals surface area (Å²) in [6.07, 6.45) is 0.468. The summed E-state index contributed by atoms with van der Waals surface area (Å²) < 4.78 is 5.22. The number of carbonyl (C=O) groups is 1. The van der Waals surface area contributed by atoms with Crippen LogP contribution in [0.1, 0.15) is 11.1 Å². The monoisotopic (exact) mass is 267 g/mol. The van der Waals surface area contributed by atoms with Gasteiger partial charge in [-0.25, -0.2) is 9.79 Å². The molecule has 1 heterocycles. The normalized spacial score (nSPS) is 17.7. The van der Waals surface area contributed by atoms with Crippen LogP contribution in [0.25, 0.3) is 0 Å². The first-order valence-corrected chi connectivity index (χ1v) is 6.35. The van der Waals surface area contributed by atoms with E-state index in [9.17, 15) is 9.90 Å². The first kappa shape index (κ1) is 12.4. The average molecular weight is 267 g/mol. The van der Waals surface area contributed by atoms with Crippen LogP contribution in [0.4, 0.5) is 0 Å². The molecule has 4 nitrogen and oxygen atoms in total. The van der Waals surface area contributed by atoms with E-state index in [-0.39, 0.29) is 11.7 Å². The van der Waals surface area contributed by atoms with Gasteiger partial charge in [0.05, 0.1) is 0 Å². The van der Waals surface area contributed by atoms with Gasteiger partial charge in [-0.15, -0.1) is 0 Å². The summed E-state index contributed by atoms with van der Waals surface area (Å²) in [4.78, 5) is 16.2. The maximum Gasteiger partial charge on any atom is 0.338 e. The number of ether oxygens (including phenoxy) is 1. The van der Waals surface area contributed by atoms with Crippen molar-refractivity contribution in [1.29, 1.82) is 0 Å². The smallest absolute Gasteiger partial charge is 0.338 e. The fourth-order valence-corrected chi connectivity index (χ4v) is 2.08. The lowest BCUT2D eigenvalue weighted by Gasteiger charge is -2.03. The topological polar surface area (TPSA) is 58.9 Å². The van der Waals surface area contributed by atoms with Crippen LogP contribution in [0.2, 0.25) is 0 Å². The van der Waals surface area contributed by atoms with E-state index in [0.29, 0.717) is 12.3 Å². The Labute approximate surface area is 116 Å². The highest BCUT2D eigenvalue weighted by Gasteiger charge is 2.29. The third-order valence-electron chi connectivity index (χ3n) is 3.13. The van der Waals surface area contributed by atoms with E-state index in [1.165, 1.54) is 0 Å². The summed E-state index contributed by atoms with van der Waals surface area (Å²) >= 11 is 0. The molecule has 0 bridgehead atoms. The van der Waals surface area contributed by atoms with Gasteiger partial charge in [0.15, 0.2) is 6.04 Å². The maximum atomic E-state index is 11.8. The number of benzene rings is 2. The molecule has 1 aliphatic heterocycles.